The third-order valence-electron chi connectivity index (χ3n) is 10.3. The highest BCUT2D eigenvalue weighted by molar-refractivity contribution is 7.45. The Kier molecular flexibility index (Phi) is 35.8. The van der Waals surface area contributed by atoms with Crippen LogP contribution in [0.1, 0.15) is 219 Å². The van der Waals surface area contributed by atoms with Gasteiger partial charge in [0.2, 0.25) is 5.91 Å². The number of nitrogens with one attached hydrogen (secondary N) is 1. The zero-order valence-corrected chi connectivity index (χ0v) is 36.2. The third-order valence-corrected chi connectivity index (χ3v) is 11.3. The molecular weight excluding hydrogens is 671 g/mol. The van der Waals surface area contributed by atoms with Crippen LogP contribution in [0.5, 0.6) is 0 Å². The maximum atomic E-state index is 12.5. The van der Waals surface area contributed by atoms with E-state index in [0.29, 0.717) is 23.9 Å². The molecule has 3 atom stereocenters. The number of likely N-dealkylation sites (N-methyl/N-ethyl adjacent to an activating group) is 1. The molecule has 0 heterocycles. The van der Waals surface area contributed by atoms with Crippen molar-refractivity contribution in [2.24, 2.45) is 0 Å². The zero-order chi connectivity index (χ0) is 38.6. The lowest BCUT2D eigenvalue weighted by Crippen LogP contribution is -2.46. The van der Waals surface area contributed by atoms with Gasteiger partial charge in [-0.05, 0) is 12.8 Å². The molecule has 0 aliphatic heterocycles. The van der Waals surface area contributed by atoms with Crippen LogP contribution in [-0.4, -0.2) is 68.5 Å². The number of phosphoric acid groups is 1. The first-order chi connectivity index (χ1) is 25.0. The molecule has 0 aromatic rings. The molecule has 52 heavy (non-hydrogen) atoms. The fourth-order valence-corrected chi connectivity index (χ4v) is 7.47. The van der Waals surface area contributed by atoms with Gasteiger partial charge in [-0.2, -0.15) is 0 Å². The summed E-state index contributed by atoms with van der Waals surface area (Å²) in [6, 6.07) is -0.789. The fourth-order valence-electron chi connectivity index (χ4n) is 6.75. The minimum Gasteiger partial charge on any atom is -0.756 e. The van der Waals surface area contributed by atoms with E-state index in [1.807, 2.05) is 21.1 Å². The van der Waals surface area contributed by atoms with Crippen LogP contribution in [0.2, 0.25) is 0 Å². The predicted octanol–water partition coefficient (Wildman–Crippen LogP) is 11.6. The van der Waals surface area contributed by atoms with Crippen molar-refractivity contribution in [2.75, 3.05) is 40.9 Å². The number of phosphoric ester groups is 1. The summed E-state index contributed by atoms with van der Waals surface area (Å²) >= 11 is 0. The summed E-state index contributed by atoms with van der Waals surface area (Å²) < 4.78 is 23.0. The normalized spacial score (nSPS) is 14.4. The van der Waals surface area contributed by atoms with Gasteiger partial charge < -0.3 is 28.8 Å². The van der Waals surface area contributed by atoms with Gasteiger partial charge in [-0.25, -0.2) is 0 Å². The Labute approximate surface area is 323 Å². The lowest BCUT2D eigenvalue weighted by Gasteiger charge is -2.30. The molecular formula is C43H89N2O6P. The molecule has 8 nitrogen and oxygen atoms in total. The fraction of sp³-hybridized carbons (Fsp3) is 0.977. The Hall–Kier alpha value is -0.500. The highest BCUT2D eigenvalue weighted by Crippen LogP contribution is 2.38. The number of aliphatic hydroxyl groups excluding tert-OH is 1. The summed E-state index contributed by atoms with van der Waals surface area (Å²) in [5, 5.41) is 13.7. The van der Waals surface area contributed by atoms with Crippen molar-refractivity contribution in [3.05, 3.63) is 0 Å². The first kappa shape index (κ1) is 51.5. The van der Waals surface area contributed by atoms with Crippen molar-refractivity contribution in [1.82, 2.24) is 5.32 Å². The van der Waals surface area contributed by atoms with Gasteiger partial charge in [0.15, 0.2) is 0 Å². The molecule has 2 N–H and O–H groups in total. The molecule has 0 aliphatic rings. The lowest BCUT2D eigenvalue weighted by atomic mass is 10.0. The van der Waals surface area contributed by atoms with Gasteiger partial charge in [0.05, 0.1) is 39.9 Å². The van der Waals surface area contributed by atoms with E-state index in [-0.39, 0.29) is 19.1 Å². The predicted molar refractivity (Wildman–Crippen MR) is 219 cm³/mol. The van der Waals surface area contributed by atoms with Crippen LogP contribution in [0, 0.1) is 0 Å². The average Bonchev–Trinajstić information content (AvgIpc) is 3.09. The number of aliphatic hydroxyl groups is 1. The average molecular weight is 761 g/mol. The second-order valence-electron chi connectivity index (χ2n) is 16.8. The maximum Gasteiger partial charge on any atom is 0.268 e. The Morgan fingerprint density at radius 3 is 1.31 bits per heavy atom. The van der Waals surface area contributed by atoms with Gasteiger partial charge in [0.25, 0.3) is 7.82 Å². The maximum absolute atomic E-state index is 12.5. The Morgan fingerprint density at radius 2 is 0.942 bits per heavy atom. The van der Waals surface area contributed by atoms with E-state index in [1.165, 1.54) is 154 Å². The van der Waals surface area contributed by atoms with Crippen molar-refractivity contribution in [3.63, 3.8) is 0 Å². The van der Waals surface area contributed by atoms with Crippen LogP contribution in [-0.2, 0) is 18.4 Å². The summed E-state index contributed by atoms with van der Waals surface area (Å²) in [7, 11) is 1.31. The van der Waals surface area contributed by atoms with Crippen molar-refractivity contribution in [1.29, 1.82) is 0 Å². The summed E-state index contributed by atoms with van der Waals surface area (Å²) in [6.07, 6.45) is 39.3. The third kappa shape index (κ3) is 37.8. The van der Waals surface area contributed by atoms with E-state index in [1.54, 1.807) is 0 Å². The minimum absolute atomic E-state index is 0.0144. The van der Waals surface area contributed by atoms with Crippen LogP contribution >= 0.6 is 7.82 Å². The van der Waals surface area contributed by atoms with Gasteiger partial charge in [0, 0.05) is 6.42 Å². The number of unbranched alkanes of at least 4 members (excludes halogenated alkanes) is 28. The van der Waals surface area contributed by atoms with E-state index >= 15 is 0 Å². The van der Waals surface area contributed by atoms with E-state index in [0.717, 1.165) is 38.5 Å². The van der Waals surface area contributed by atoms with Crippen molar-refractivity contribution < 1.29 is 32.9 Å². The summed E-state index contributed by atoms with van der Waals surface area (Å²) in [5.41, 5.74) is 0. The molecule has 0 saturated carbocycles. The number of carbonyl (C=O) groups excluding carboxylic acids is 1. The molecule has 312 valence electrons. The molecule has 9 heteroatoms. The van der Waals surface area contributed by atoms with Crippen LogP contribution in [0.25, 0.3) is 0 Å². The zero-order valence-electron chi connectivity index (χ0n) is 35.3. The number of rotatable bonds is 41. The summed E-state index contributed by atoms with van der Waals surface area (Å²) in [5.74, 6) is -0.187. The molecule has 0 aliphatic carbocycles. The topological polar surface area (TPSA) is 108 Å². The van der Waals surface area contributed by atoms with Crippen molar-refractivity contribution in [2.45, 2.75) is 231 Å². The standard InChI is InChI=1S/C43H89N2O6P/c1-6-8-10-11-12-13-14-15-16-17-18-19-20-21-22-23-24-25-26-27-28-29-30-31-32-33-35-36-42(46)41(44-43(47)37-34-9-7-2)40-51-52(48,49)50-39-38-45(3,4)5/h41-42,46H,6-40H2,1-5H3,(H-,44,47,48,49). The second-order valence-corrected chi connectivity index (χ2v) is 18.2. The number of quaternary nitrogens is 1. The number of amides is 1. The molecule has 1 amide bonds. The number of carbonyl (C=O) groups is 1. The summed E-state index contributed by atoms with van der Waals surface area (Å²) in [4.78, 5) is 24.8. The molecule has 0 spiro atoms. The smallest absolute Gasteiger partial charge is 0.268 e. The molecule has 0 radical (unpaired) electrons. The van der Waals surface area contributed by atoms with Crippen LogP contribution in [0.4, 0.5) is 0 Å². The molecule has 0 saturated heterocycles. The number of nitrogens with zero attached hydrogens (tertiary/aromatic N) is 1. The Bertz CT molecular complexity index is 824. The first-order valence-electron chi connectivity index (χ1n) is 22.4. The van der Waals surface area contributed by atoms with Gasteiger partial charge in [-0.3, -0.25) is 9.36 Å². The SMILES string of the molecule is CCCCCCCCCCCCCCCCCCCCCCCCCCCCCC(O)C(COP(=O)([O-])OCC[N+](C)(C)C)NC(=O)CCCCC. The van der Waals surface area contributed by atoms with Crippen molar-refractivity contribution >= 4 is 13.7 Å². The van der Waals surface area contributed by atoms with Crippen LogP contribution < -0.4 is 10.2 Å². The molecule has 0 rings (SSSR count). The Morgan fingerprint density at radius 1 is 0.596 bits per heavy atom. The molecule has 0 aromatic carbocycles. The second kappa shape index (κ2) is 36.2. The first-order valence-corrected chi connectivity index (χ1v) is 23.8. The van der Waals surface area contributed by atoms with Crippen LogP contribution in [0.15, 0.2) is 0 Å². The van der Waals surface area contributed by atoms with E-state index < -0.39 is 20.0 Å². The van der Waals surface area contributed by atoms with E-state index in [4.69, 9.17) is 9.05 Å². The largest absolute Gasteiger partial charge is 0.756 e. The van der Waals surface area contributed by atoms with E-state index in [9.17, 15) is 19.4 Å². The highest BCUT2D eigenvalue weighted by Gasteiger charge is 2.24. The quantitative estimate of drug-likeness (QED) is 0.0365. The number of hydrogen-bond acceptors (Lipinski definition) is 6. The van der Waals surface area contributed by atoms with Crippen LogP contribution in [0.3, 0.4) is 0 Å². The van der Waals surface area contributed by atoms with Gasteiger partial charge in [-0.15, -0.1) is 0 Å². The lowest BCUT2D eigenvalue weighted by molar-refractivity contribution is -0.870. The summed E-state index contributed by atoms with van der Waals surface area (Å²) in [6.45, 7) is 4.56. The molecule has 0 aromatic heterocycles. The van der Waals surface area contributed by atoms with Gasteiger partial charge in [0.1, 0.15) is 13.2 Å². The highest BCUT2D eigenvalue weighted by atomic mass is 31.2. The molecule has 3 unspecified atom stereocenters. The molecule has 0 fully saturated rings. The minimum atomic E-state index is -4.54. The Balaban J connectivity index is 3.82. The number of hydrogen-bond donors (Lipinski definition) is 2. The van der Waals surface area contributed by atoms with E-state index in [2.05, 4.69) is 19.2 Å². The molecule has 0 bridgehead atoms. The van der Waals surface area contributed by atoms with Gasteiger partial charge in [-0.1, -0.05) is 200 Å². The monoisotopic (exact) mass is 761 g/mol. The van der Waals surface area contributed by atoms with Crippen molar-refractivity contribution in [3.8, 4) is 0 Å². The van der Waals surface area contributed by atoms with Gasteiger partial charge >= 0.3 is 0 Å².